The Labute approximate surface area is 589 Å². The number of rotatable bonds is 25. The normalized spacial score (nSPS) is 32.7. The zero-order chi connectivity index (χ0) is 73.7. The zero-order valence-corrected chi connectivity index (χ0v) is 61.3. The Morgan fingerprint density at radius 3 is 2.11 bits per heavy atom. The van der Waals surface area contributed by atoms with E-state index in [1.807, 2.05) is 62.2 Å². The number of imide groups is 1. The van der Waals surface area contributed by atoms with Crippen LogP contribution in [0, 0.1) is 23.7 Å². The zero-order valence-electron chi connectivity index (χ0n) is 61.3. The minimum Gasteiger partial charge on any atom is -0.459 e. The Morgan fingerprint density at radius 2 is 1.47 bits per heavy atom. The number of hydrogen-bond acceptors (Lipinski definition) is 20. The van der Waals surface area contributed by atoms with Crippen molar-refractivity contribution in [1.82, 2.24) is 40.5 Å². The molecule has 3 aromatic rings. The van der Waals surface area contributed by atoms with Crippen molar-refractivity contribution in [2.45, 2.75) is 243 Å². The Morgan fingerprint density at radius 1 is 0.810 bits per heavy atom. The summed E-state index contributed by atoms with van der Waals surface area (Å²) in [5.41, 5.74) is -2.61. The van der Waals surface area contributed by atoms with Crippen molar-refractivity contribution in [3.8, 4) is 0 Å². The second kappa shape index (κ2) is 35.8. The van der Waals surface area contributed by atoms with E-state index in [2.05, 4.69) is 21.3 Å². The van der Waals surface area contributed by atoms with Gasteiger partial charge in [0.25, 0.3) is 5.91 Å². The van der Waals surface area contributed by atoms with E-state index in [0.717, 1.165) is 4.90 Å². The Hall–Kier alpha value is -6.27. The summed E-state index contributed by atoms with van der Waals surface area (Å²) in [6.07, 6.45) is -9.02. The number of benzene rings is 2. The Balaban J connectivity index is 1.04. The first-order chi connectivity index (χ1) is 47.1. The molecule has 7 rings (SSSR count). The topological polar surface area (TPSA) is 339 Å². The van der Waals surface area contributed by atoms with E-state index >= 15 is 0 Å². The van der Waals surface area contributed by atoms with Crippen LogP contribution in [0.25, 0.3) is 0 Å². The number of fused-ring (bicyclic) bond motifs is 1. The molecule has 4 aliphatic rings. The molecule has 0 bridgehead atoms. The van der Waals surface area contributed by atoms with Gasteiger partial charge >= 0.3 is 12.0 Å². The molecule has 5 heterocycles. The summed E-state index contributed by atoms with van der Waals surface area (Å²) in [5.74, 6) is -6.41. The number of aliphatic hydroxyl groups excluding tert-OH is 3. The molecule has 100 heavy (non-hydrogen) atoms. The maximum Gasteiger partial charge on any atom is 0.324 e. The smallest absolute Gasteiger partial charge is 0.324 e. The second-order valence-electron chi connectivity index (χ2n) is 29.6. The number of ether oxygens (including phenoxy) is 6. The summed E-state index contributed by atoms with van der Waals surface area (Å²) in [4.78, 5) is 103. The second-order valence-corrected chi connectivity index (χ2v) is 29.6. The van der Waals surface area contributed by atoms with Crippen molar-refractivity contribution >= 4 is 41.4 Å². The highest BCUT2D eigenvalue weighted by Crippen LogP contribution is 2.41. The fraction of sp³-hybridized carbons (Fsp3) is 0.689. The van der Waals surface area contributed by atoms with Crippen LogP contribution in [0.2, 0.25) is 0 Å². The van der Waals surface area contributed by atoms with E-state index in [9.17, 15) is 59.1 Å². The minimum atomic E-state index is -2.04. The monoisotopic (exact) mass is 1400 g/mol. The molecular formula is C74H114N8O18. The van der Waals surface area contributed by atoms with Gasteiger partial charge in [0.15, 0.2) is 12.6 Å². The van der Waals surface area contributed by atoms with Crippen LogP contribution in [-0.2, 0) is 65.4 Å². The quantitative estimate of drug-likeness (QED) is 0.0322. The van der Waals surface area contributed by atoms with Gasteiger partial charge in [0.05, 0.1) is 66.2 Å². The van der Waals surface area contributed by atoms with E-state index in [4.69, 9.17) is 28.4 Å². The molecule has 558 valence electrons. The largest absolute Gasteiger partial charge is 0.459 e. The number of likely N-dealkylation sites (N-methyl/N-ethyl adjacent to an activating group) is 1. The fourth-order valence-electron chi connectivity index (χ4n) is 14.8. The highest BCUT2D eigenvalue weighted by Gasteiger charge is 2.53. The number of carbonyl (C=O) groups excluding carboxylic acids is 7. The summed E-state index contributed by atoms with van der Waals surface area (Å²) in [5, 5.41) is 71.8. The third-order valence-electron chi connectivity index (χ3n) is 20.8. The molecule has 9 N–H and O–H groups in total. The van der Waals surface area contributed by atoms with Gasteiger partial charge in [0.1, 0.15) is 36.1 Å². The molecular weight excluding hydrogens is 1290 g/mol. The lowest BCUT2D eigenvalue weighted by Gasteiger charge is -2.48. The van der Waals surface area contributed by atoms with Crippen molar-refractivity contribution < 1.29 is 87.5 Å². The molecule has 20 atom stereocenters. The van der Waals surface area contributed by atoms with Crippen molar-refractivity contribution in [2.24, 2.45) is 23.7 Å². The summed E-state index contributed by atoms with van der Waals surface area (Å²) < 4.78 is 40.1. The number of nitrogens with zero attached hydrogens (tertiary/aromatic N) is 4. The number of carbonyl (C=O) groups is 7. The summed E-state index contributed by atoms with van der Waals surface area (Å²) in [7, 11) is 5.17. The first-order valence-electron chi connectivity index (χ1n) is 35.7. The molecule has 2 aromatic carbocycles. The predicted molar refractivity (Wildman–Crippen MR) is 372 cm³/mol. The van der Waals surface area contributed by atoms with Gasteiger partial charge in [0, 0.05) is 81.9 Å². The van der Waals surface area contributed by atoms with Gasteiger partial charge in [-0.3, -0.25) is 38.6 Å². The van der Waals surface area contributed by atoms with Gasteiger partial charge in [-0.05, 0) is 131 Å². The molecule has 0 radical (unpaired) electrons. The lowest BCUT2D eigenvalue weighted by molar-refractivity contribution is -0.318. The number of hydrogen-bond donors (Lipinski definition) is 9. The number of urea groups is 1. The first-order valence-corrected chi connectivity index (χ1v) is 35.7. The standard InChI is InChI=1S/C74H114N8O18/c1-16-57-74(12,94)64(87)48(8)80(42-44(4)38-72(10,93)66(100-70-62(86)56(79(13)14)36-45(5)96-70)46(6)63(47(7)69(91)98-57)99-60-39-73(11,95-15)65(88)49(9)97-60)33-23-32-75-58(83)40-77-71(92)82(34-30-43(2)3)68(90)53(37-50-24-19-17-20-25-50)78-59(84)41-76-67(89)52-31-35-81-54(52)28-29-55(81)61(85)51-26-21-18-22-27-51/h17-22,24-29,43-49,52-53,56-57,60,62-66,70,86-88,93-94H,16,23,30-42H2,1-15H3,(H,75,83)(H,76,89)(H,77,92)(H,78,84). The van der Waals surface area contributed by atoms with Crippen LogP contribution in [0.5, 0.6) is 0 Å². The number of amides is 6. The van der Waals surface area contributed by atoms with Gasteiger partial charge in [-0.2, -0.15) is 0 Å². The molecule has 26 nitrogen and oxygen atoms in total. The van der Waals surface area contributed by atoms with E-state index in [-0.39, 0.29) is 82.1 Å². The highest BCUT2D eigenvalue weighted by atomic mass is 16.7. The van der Waals surface area contributed by atoms with Gasteiger partial charge in [-0.15, -0.1) is 0 Å². The van der Waals surface area contributed by atoms with E-state index < -0.39 is 157 Å². The van der Waals surface area contributed by atoms with E-state index in [1.54, 1.807) is 115 Å². The molecule has 6 amide bonds. The number of methoxy groups -OCH3 is 1. The van der Waals surface area contributed by atoms with Crippen molar-refractivity contribution in [3.05, 3.63) is 95.3 Å². The van der Waals surface area contributed by atoms with Crippen LogP contribution < -0.4 is 21.3 Å². The number of aliphatic hydroxyl groups is 5. The van der Waals surface area contributed by atoms with E-state index in [1.165, 1.54) is 14.0 Å². The number of cyclic esters (lactones) is 1. The lowest BCUT2D eigenvalue weighted by Crippen LogP contribution is -2.60. The average Bonchev–Trinajstić information content (AvgIpc) is 1.59. The van der Waals surface area contributed by atoms with Crippen LogP contribution in [0.4, 0.5) is 4.79 Å². The molecule has 0 spiro atoms. The molecule has 4 aliphatic heterocycles. The van der Waals surface area contributed by atoms with E-state index in [0.29, 0.717) is 48.3 Å². The molecule has 1 aromatic heterocycles. The number of ketones is 1. The number of nitrogens with one attached hydrogen (secondary N) is 4. The van der Waals surface area contributed by atoms with Crippen molar-refractivity contribution in [1.29, 1.82) is 0 Å². The summed E-state index contributed by atoms with van der Waals surface area (Å²) >= 11 is 0. The molecule has 0 saturated carbocycles. The third kappa shape index (κ3) is 20.3. The van der Waals surface area contributed by atoms with Gasteiger partial charge < -0.3 is 84.7 Å². The predicted octanol–water partition coefficient (Wildman–Crippen LogP) is 4.43. The lowest BCUT2D eigenvalue weighted by atomic mass is 9.77. The fourth-order valence-corrected chi connectivity index (χ4v) is 14.8. The Bertz CT molecular complexity index is 3190. The molecule has 0 aliphatic carbocycles. The Kier molecular flexibility index (Phi) is 29.0. The van der Waals surface area contributed by atoms with Crippen LogP contribution in [-0.4, -0.2) is 243 Å². The SMILES string of the molecule is CCC1OC(=O)C(C)C(OC2CC(C)(OC)C(O)C(C)O2)C(C)C(OC2OC(C)CC(N(C)C)C2O)C(C)(O)CC(C)CN(CCCNC(=O)CNC(=O)N(CCC(C)C)C(=O)C(Cc2ccccc2)NC(=O)CNC(=O)C2CCn3c(C(=O)c4ccccc4)ccc32)C(C)C(O)C1(C)O. The minimum absolute atomic E-state index is 0.00495. The van der Waals surface area contributed by atoms with Crippen molar-refractivity contribution in [2.75, 3.05) is 60.5 Å². The van der Waals surface area contributed by atoms with Crippen LogP contribution in [0.1, 0.15) is 161 Å². The maximum atomic E-state index is 14.8. The van der Waals surface area contributed by atoms with Gasteiger partial charge in [0.2, 0.25) is 23.5 Å². The van der Waals surface area contributed by atoms with Crippen LogP contribution in [0.15, 0.2) is 72.8 Å². The molecule has 20 unspecified atom stereocenters. The third-order valence-corrected chi connectivity index (χ3v) is 20.8. The molecule has 3 saturated heterocycles. The number of aromatic nitrogens is 1. The van der Waals surface area contributed by atoms with Gasteiger partial charge in [-0.1, -0.05) is 95.3 Å². The average molecular weight is 1400 g/mol. The molecule has 26 heteroatoms. The number of esters is 1. The van der Waals surface area contributed by atoms with Crippen LogP contribution in [0.3, 0.4) is 0 Å². The summed E-state index contributed by atoms with van der Waals surface area (Å²) in [6, 6.07) is 17.9. The highest BCUT2D eigenvalue weighted by molar-refractivity contribution is 6.08. The summed E-state index contributed by atoms with van der Waals surface area (Å²) in [6.45, 7) is 20.8. The van der Waals surface area contributed by atoms with Crippen molar-refractivity contribution in [3.63, 3.8) is 0 Å². The maximum absolute atomic E-state index is 14.8. The van der Waals surface area contributed by atoms with Crippen LogP contribution >= 0.6 is 0 Å². The first kappa shape index (κ1) is 81.0. The molecule has 3 fully saturated rings. The van der Waals surface area contributed by atoms with Gasteiger partial charge in [-0.25, -0.2) is 4.79 Å².